The summed E-state index contributed by atoms with van der Waals surface area (Å²) < 4.78 is 39.6. The number of halogens is 1. The molecule has 9 heteroatoms. The topological polar surface area (TPSA) is 100 Å². The van der Waals surface area contributed by atoms with E-state index in [0.29, 0.717) is 19.5 Å². The summed E-state index contributed by atoms with van der Waals surface area (Å²) in [6.07, 6.45) is 4.05. The molecule has 1 heterocycles. The van der Waals surface area contributed by atoms with Crippen molar-refractivity contribution in [3.63, 3.8) is 0 Å². The number of carbonyl (C=O) groups excluding carboxylic acids is 1. The monoisotopic (exact) mass is 380 g/mol. The number of hydrogen-bond acceptors (Lipinski definition) is 5. The first-order chi connectivity index (χ1) is 12.4. The van der Waals surface area contributed by atoms with E-state index < -0.39 is 21.7 Å². The van der Waals surface area contributed by atoms with Crippen LogP contribution in [0.5, 0.6) is 0 Å². The van der Waals surface area contributed by atoms with Crippen LogP contribution in [0.4, 0.5) is 10.1 Å². The molecule has 0 aliphatic rings. The van der Waals surface area contributed by atoms with Crippen LogP contribution in [0.1, 0.15) is 12.0 Å². The number of aryl methyl sites for hydroxylation is 1. The van der Waals surface area contributed by atoms with Crippen LogP contribution in [-0.2, 0) is 14.8 Å². The maximum absolute atomic E-state index is 13.2. The second kappa shape index (κ2) is 9.25. The van der Waals surface area contributed by atoms with Crippen molar-refractivity contribution in [2.75, 3.05) is 25.0 Å². The van der Waals surface area contributed by atoms with Gasteiger partial charge >= 0.3 is 0 Å². The molecule has 0 saturated heterocycles. The molecular weight excluding hydrogens is 359 g/mol. The number of anilines is 1. The number of nitrogens with zero attached hydrogens (tertiary/aromatic N) is 1. The molecule has 0 fully saturated rings. The SMILES string of the molecule is Cc1cc(S(=O)(=O)NCC(=O)NCCCNc2cccnc2)ccc1F. The van der Waals surface area contributed by atoms with Gasteiger partial charge in [-0.25, -0.2) is 17.5 Å². The third kappa shape index (κ3) is 6.08. The molecule has 1 amide bonds. The third-order valence-electron chi connectivity index (χ3n) is 3.53. The van der Waals surface area contributed by atoms with Crippen LogP contribution in [0.25, 0.3) is 0 Å². The molecule has 0 aliphatic carbocycles. The number of carbonyl (C=O) groups is 1. The zero-order valence-electron chi connectivity index (χ0n) is 14.3. The van der Waals surface area contributed by atoms with Crippen LogP contribution in [-0.4, -0.2) is 38.9 Å². The fourth-order valence-corrected chi connectivity index (χ4v) is 3.17. The Morgan fingerprint density at radius 2 is 2.04 bits per heavy atom. The Bertz CT molecular complexity index is 844. The van der Waals surface area contributed by atoms with Gasteiger partial charge in [0.2, 0.25) is 15.9 Å². The molecule has 1 aromatic heterocycles. The number of benzene rings is 1. The van der Waals surface area contributed by atoms with E-state index in [4.69, 9.17) is 0 Å². The van der Waals surface area contributed by atoms with E-state index in [1.165, 1.54) is 13.0 Å². The summed E-state index contributed by atoms with van der Waals surface area (Å²) in [5, 5.41) is 5.78. The molecule has 7 nitrogen and oxygen atoms in total. The molecule has 3 N–H and O–H groups in total. The summed E-state index contributed by atoms with van der Waals surface area (Å²) in [6.45, 7) is 2.14. The lowest BCUT2D eigenvalue weighted by atomic mass is 10.2. The quantitative estimate of drug-likeness (QED) is 0.572. The van der Waals surface area contributed by atoms with Gasteiger partial charge in [-0.2, -0.15) is 0 Å². The van der Waals surface area contributed by atoms with E-state index in [9.17, 15) is 17.6 Å². The van der Waals surface area contributed by atoms with Gasteiger partial charge < -0.3 is 10.6 Å². The van der Waals surface area contributed by atoms with Gasteiger partial charge in [0.15, 0.2) is 0 Å². The first kappa shape index (κ1) is 19.8. The maximum atomic E-state index is 13.2. The first-order valence-corrected chi connectivity index (χ1v) is 9.53. The second-order valence-electron chi connectivity index (χ2n) is 5.61. The van der Waals surface area contributed by atoms with Gasteiger partial charge in [0, 0.05) is 25.5 Å². The fourth-order valence-electron chi connectivity index (χ4n) is 2.11. The minimum atomic E-state index is -3.86. The van der Waals surface area contributed by atoms with Gasteiger partial charge in [-0.05, 0) is 49.2 Å². The molecule has 0 aliphatic heterocycles. The largest absolute Gasteiger partial charge is 0.384 e. The molecule has 26 heavy (non-hydrogen) atoms. The Morgan fingerprint density at radius 1 is 1.23 bits per heavy atom. The Morgan fingerprint density at radius 3 is 2.73 bits per heavy atom. The smallest absolute Gasteiger partial charge is 0.241 e. The van der Waals surface area contributed by atoms with Crippen molar-refractivity contribution in [1.29, 1.82) is 0 Å². The van der Waals surface area contributed by atoms with Gasteiger partial charge in [-0.15, -0.1) is 0 Å². The number of rotatable bonds is 9. The summed E-state index contributed by atoms with van der Waals surface area (Å²) in [6, 6.07) is 7.17. The minimum Gasteiger partial charge on any atom is -0.384 e. The van der Waals surface area contributed by atoms with E-state index in [2.05, 4.69) is 20.3 Å². The van der Waals surface area contributed by atoms with Gasteiger partial charge in [-0.1, -0.05) is 0 Å². The van der Waals surface area contributed by atoms with E-state index in [-0.39, 0.29) is 17.0 Å². The Balaban J connectivity index is 1.70. The average molecular weight is 380 g/mol. The van der Waals surface area contributed by atoms with Crippen LogP contribution in [0.15, 0.2) is 47.6 Å². The highest BCUT2D eigenvalue weighted by Crippen LogP contribution is 2.13. The molecule has 0 unspecified atom stereocenters. The predicted molar refractivity (Wildman–Crippen MR) is 96.7 cm³/mol. The summed E-state index contributed by atoms with van der Waals surface area (Å²) in [5.74, 6) is -0.921. The van der Waals surface area contributed by atoms with Crippen LogP contribution in [0, 0.1) is 12.7 Å². The second-order valence-corrected chi connectivity index (χ2v) is 7.37. The van der Waals surface area contributed by atoms with E-state index in [0.717, 1.165) is 17.8 Å². The lowest BCUT2D eigenvalue weighted by molar-refractivity contribution is -0.119. The van der Waals surface area contributed by atoms with Crippen molar-refractivity contribution < 1.29 is 17.6 Å². The number of amides is 1. The number of hydrogen-bond donors (Lipinski definition) is 3. The zero-order valence-corrected chi connectivity index (χ0v) is 15.1. The molecule has 0 atom stereocenters. The van der Waals surface area contributed by atoms with Crippen molar-refractivity contribution >= 4 is 21.6 Å². The van der Waals surface area contributed by atoms with Crippen molar-refractivity contribution in [3.05, 3.63) is 54.1 Å². The van der Waals surface area contributed by atoms with Crippen LogP contribution < -0.4 is 15.4 Å². The molecule has 2 aromatic rings. The van der Waals surface area contributed by atoms with Gasteiger partial charge in [0.25, 0.3) is 0 Å². The van der Waals surface area contributed by atoms with E-state index in [1.807, 2.05) is 12.1 Å². The van der Waals surface area contributed by atoms with Crippen molar-refractivity contribution in [1.82, 2.24) is 15.0 Å². The maximum Gasteiger partial charge on any atom is 0.241 e. The van der Waals surface area contributed by atoms with Gasteiger partial charge in [0.1, 0.15) is 5.82 Å². The molecule has 0 bridgehead atoms. The van der Waals surface area contributed by atoms with Crippen LogP contribution >= 0.6 is 0 Å². The number of aromatic nitrogens is 1. The summed E-state index contributed by atoms with van der Waals surface area (Å²) in [4.78, 5) is 15.6. The zero-order chi connectivity index (χ0) is 19.0. The average Bonchev–Trinajstić information content (AvgIpc) is 2.63. The molecule has 140 valence electrons. The highest BCUT2D eigenvalue weighted by Gasteiger charge is 2.16. The number of sulfonamides is 1. The lowest BCUT2D eigenvalue weighted by Crippen LogP contribution is -2.37. The molecule has 1 aromatic carbocycles. The fraction of sp³-hybridized carbons (Fsp3) is 0.294. The highest BCUT2D eigenvalue weighted by molar-refractivity contribution is 7.89. The summed E-state index contributed by atoms with van der Waals surface area (Å²) in [7, 11) is -3.86. The predicted octanol–water partition coefficient (Wildman–Crippen LogP) is 1.43. The highest BCUT2D eigenvalue weighted by atomic mass is 32.2. The standard InChI is InChI=1S/C17H21FN4O3S/c1-13-10-15(5-6-16(13)18)26(24,25)22-12-17(23)21-9-3-8-20-14-4-2-7-19-11-14/h2,4-7,10-11,20,22H,3,8-9,12H2,1H3,(H,21,23). The molecule has 0 saturated carbocycles. The van der Waals surface area contributed by atoms with Crippen molar-refractivity contribution in [3.8, 4) is 0 Å². The Hall–Kier alpha value is -2.52. The lowest BCUT2D eigenvalue weighted by Gasteiger charge is -2.09. The van der Waals surface area contributed by atoms with Gasteiger partial charge in [-0.3, -0.25) is 9.78 Å². The first-order valence-electron chi connectivity index (χ1n) is 8.05. The molecule has 2 rings (SSSR count). The summed E-state index contributed by atoms with van der Waals surface area (Å²) in [5.41, 5.74) is 1.11. The third-order valence-corrected chi connectivity index (χ3v) is 4.93. The Labute approximate surface area is 152 Å². The van der Waals surface area contributed by atoms with E-state index in [1.54, 1.807) is 12.4 Å². The molecule has 0 radical (unpaired) electrons. The molecular formula is C17H21FN4O3S. The number of nitrogens with one attached hydrogen (secondary N) is 3. The summed E-state index contributed by atoms with van der Waals surface area (Å²) >= 11 is 0. The van der Waals surface area contributed by atoms with Crippen molar-refractivity contribution in [2.45, 2.75) is 18.2 Å². The minimum absolute atomic E-state index is 0.0788. The number of pyridine rings is 1. The van der Waals surface area contributed by atoms with Crippen molar-refractivity contribution in [2.24, 2.45) is 0 Å². The van der Waals surface area contributed by atoms with Crippen LogP contribution in [0.3, 0.4) is 0 Å². The van der Waals surface area contributed by atoms with E-state index >= 15 is 0 Å². The normalized spacial score (nSPS) is 11.2. The Kier molecular flexibility index (Phi) is 7.05. The molecule has 0 spiro atoms. The van der Waals surface area contributed by atoms with Gasteiger partial charge in [0.05, 0.1) is 17.1 Å². The van der Waals surface area contributed by atoms with Crippen LogP contribution in [0.2, 0.25) is 0 Å².